The van der Waals surface area contributed by atoms with Crippen LogP contribution in [0.1, 0.15) is 35.2 Å². The third-order valence-corrected chi connectivity index (χ3v) is 5.75. The number of ether oxygens (including phenoxy) is 1. The van der Waals surface area contributed by atoms with Crippen LogP contribution in [0.3, 0.4) is 0 Å². The Morgan fingerprint density at radius 1 is 1.43 bits per heavy atom. The molecule has 2 rings (SSSR count). The lowest BCUT2D eigenvalue weighted by atomic mass is 9.96. The van der Waals surface area contributed by atoms with Gasteiger partial charge in [0.05, 0.1) is 17.6 Å². The zero-order chi connectivity index (χ0) is 16.9. The molecule has 0 bridgehead atoms. The second-order valence-electron chi connectivity index (χ2n) is 5.87. The molecule has 0 radical (unpaired) electrons. The molecule has 1 aliphatic rings. The van der Waals surface area contributed by atoms with Crippen LogP contribution in [-0.4, -0.2) is 41.1 Å². The second-order valence-corrected chi connectivity index (χ2v) is 7.61. The lowest BCUT2D eigenvalue weighted by molar-refractivity contribution is 0.0600. The Balaban J connectivity index is 2.04. The zero-order valence-electron chi connectivity index (χ0n) is 13.6. The lowest BCUT2D eigenvalue weighted by Crippen LogP contribution is -2.33. The second kappa shape index (κ2) is 7.90. The van der Waals surface area contributed by atoms with Crippen molar-refractivity contribution in [3.8, 4) is 0 Å². The number of esters is 1. The summed E-state index contributed by atoms with van der Waals surface area (Å²) in [5.41, 5.74) is 0.833. The predicted molar refractivity (Wildman–Crippen MR) is 87.9 cm³/mol. The third kappa shape index (κ3) is 4.76. The number of benzene rings is 1. The van der Waals surface area contributed by atoms with Crippen molar-refractivity contribution < 1.29 is 17.9 Å². The van der Waals surface area contributed by atoms with E-state index in [2.05, 4.69) is 14.8 Å². The van der Waals surface area contributed by atoms with Crippen molar-refractivity contribution in [3.05, 3.63) is 29.3 Å². The summed E-state index contributed by atoms with van der Waals surface area (Å²) in [6.07, 6.45) is 3.07. The first kappa shape index (κ1) is 17.9. The molecule has 1 aromatic carbocycles. The molecule has 7 heteroatoms. The number of aryl methyl sites for hydroxylation is 1. The normalized spacial score (nSPS) is 18.6. The summed E-state index contributed by atoms with van der Waals surface area (Å²) in [4.78, 5) is 11.7. The predicted octanol–water partition coefficient (Wildman–Crippen LogP) is 1.45. The number of nitrogens with one attached hydrogen (secondary N) is 2. The third-order valence-electron chi connectivity index (χ3n) is 4.14. The standard InChI is InChI=1S/C16H24N2O4S/c1-12-5-6-14(16(19)22-2)10-15(12)23(20,21)18-9-7-13-4-3-8-17-11-13/h5-6,10,13,17-18H,3-4,7-9,11H2,1-2H3. The Labute approximate surface area is 137 Å². The molecule has 1 aliphatic heterocycles. The van der Waals surface area contributed by atoms with Gasteiger partial charge in [0.1, 0.15) is 0 Å². The van der Waals surface area contributed by atoms with E-state index in [4.69, 9.17) is 0 Å². The Bertz CT molecular complexity index is 652. The van der Waals surface area contributed by atoms with E-state index in [-0.39, 0.29) is 10.5 Å². The first-order valence-electron chi connectivity index (χ1n) is 7.83. The fourth-order valence-corrected chi connectivity index (χ4v) is 4.10. The average Bonchev–Trinajstić information content (AvgIpc) is 2.55. The fourth-order valence-electron chi connectivity index (χ4n) is 2.78. The molecule has 2 N–H and O–H groups in total. The van der Waals surface area contributed by atoms with Crippen LogP contribution < -0.4 is 10.0 Å². The quantitative estimate of drug-likeness (QED) is 0.766. The minimum Gasteiger partial charge on any atom is -0.465 e. The van der Waals surface area contributed by atoms with Gasteiger partial charge in [0.15, 0.2) is 0 Å². The maximum atomic E-state index is 12.5. The highest BCUT2D eigenvalue weighted by Gasteiger charge is 2.20. The lowest BCUT2D eigenvalue weighted by Gasteiger charge is -2.22. The van der Waals surface area contributed by atoms with Crippen molar-refractivity contribution in [1.82, 2.24) is 10.0 Å². The van der Waals surface area contributed by atoms with Gasteiger partial charge in [-0.05, 0) is 62.9 Å². The van der Waals surface area contributed by atoms with E-state index in [1.54, 1.807) is 19.1 Å². The Morgan fingerprint density at radius 3 is 2.87 bits per heavy atom. The summed E-state index contributed by atoms with van der Waals surface area (Å²) in [5.74, 6) is -0.0383. The molecule has 0 amide bonds. The largest absolute Gasteiger partial charge is 0.465 e. The van der Waals surface area contributed by atoms with Gasteiger partial charge in [0, 0.05) is 6.54 Å². The van der Waals surface area contributed by atoms with Crippen molar-refractivity contribution in [2.24, 2.45) is 5.92 Å². The van der Waals surface area contributed by atoms with Gasteiger partial charge < -0.3 is 10.1 Å². The van der Waals surface area contributed by atoms with Crippen molar-refractivity contribution >= 4 is 16.0 Å². The molecule has 6 nitrogen and oxygen atoms in total. The minimum atomic E-state index is -3.63. The van der Waals surface area contributed by atoms with Crippen molar-refractivity contribution in [1.29, 1.82) is 0 Å². The first-order valence-corrected chi connectivity index (χ1v) is 9.31. The van der Waals surface area contributed by atoms with E-state index in [1.165, 1.54) is 13.2 Å². The van der Waals surface area contributed by atoms with Crippen LogP contribution in [0.2, 0.25) is 0 Å². The van der Waals surface area contributed by atoms with Gasteiger partial charge >= 0.3 is 5.97 Å². The van der Waals surface area contributed by atoms with Crippen LogP contribution in [0, 0.1) is 12.8 Å². The van der Waals surface area contributed by atoms with Gasteiger partial charge in [-0.2, -0.15) is 0 Å². The molecule has 128 valence electrons. The molecule has 1 fully saturated rings. The van der Waals surface area contributed by atoms with Gasteiger partial charge in [0.25, 0.3) is 0 Å². The Morgan fingerprint density at radius 2 is 2.22 bits per heavy atom. The SMILES string of the molecule is COC(=O)c1ccc(C)c(S(=O)(=O)NCCC2CCCNC2)c1. The van der Waals surface area contributed by atoms with E-state index in [9.17, 15) is 13.2 Å². The van der Waals surface area contributed by atoms with E-state index >= 15 is 0 Å². The fraction of sp³-hybridized carbons (Fsp3) is 0.562. The van der Waals surface area contributed by atoms with E-state index in [0.717, 1.165) is 32.4 Å². The monoisotopic (exact) mass is 340 g/mol. The first-order chi connectivity index (χ1) is 10.9. The molecule has 23 heavy (non-hydrogen) atoms. The van der Waals surface area contributed by atoms with E-state index in [1.807, 2.05) is 0 Å². The molecule has 1 saturated heterocycles. The summed E-state index contributed by atoms with van der Waals surface area (Å²) in [6.45, 7) is 4.09. The highest BCUT2D eigenvalue weighted by Crippen LogP contribution is 2.18. The number of hydrogen-bond acceptors (Lipinski definition) is 5. The summed E-state index contributed by atoms with van der Waals surface area (Å²) >= 11 is 0. The summed E-state index contributed by atoms with van der Waals surface area (Å²) in [6, 6.07) is 4.55. The molecule has 1 atom stereocenters. The molecule has 1 unspecified atom stereocenters. The zero-order valence-corrected chi connectivity index (χ0v) is 14.4. The molecule has 0 spiro atoms. The maximum Gasteiger partial charge on any atom is 0.337 e. The molecule has 1 heterocycles. The number of carbonyl (C=O) groups is 1. The van der Waals surface area contributed by atoms with Gasteiger partial charge in [-0.15, -0.1) is 0 Å². The Kier molecular flexibility index (Phi) is 6.15. The van der Waals surface area contributed by atoms with Crippen LogP contribution in [0.25, 0.3) is 0 Å². The Hall–Kier alpha value is -1.44. The van der Waals surface area contributed by atoms with Gasteiger partial charge in [-0.25, -0.2) is 17.9 Å². The number of sulfonamides is 1. The van der Waals surface area contributed by atoms with Crippen molar-refractivity contribution in [2.45, 2.75) is 31.1 Å². The smallest absolute Gasteiger partial charge is 0.337 e. The van der Waals surface area contributed by atoms with Crippen LogP contribution in [-0.2, 0) is 14.8 Å². The van der Waals surface area contributed by atoms with E-state index in [0.29, 0.717) is 18.0 Å². The molecule has 0 saturated carbocycles. The summed E-state index contributed by atoms with van der Waals surface area (Å²) < 4.78 is 32.2. The summed E-state index contributed by atoms with van der Waals surface area (Å²) in [5, 5.41) is 3.32. The van der Waals surface area contributed by atoms with Gasteiger partial charge in [0.2, 0.25) is 10.0 Å². The number of methoxy groups -OCH3 is 1. The molecule has 0 aromatic heterocycles. The van der Waals surface area contributed by atoms with Crippen LogP contribution in [0.4, 0.5) is 0 Å². The van der Waals surface area contributed by atoms with Crippen LogP contribution >= 0.6 is 0 Å². The number of rotatable bonds is 6. The van der Waals surface area contributed by atoms with Crippen molar-refractivity contribution in [2.75, 3.05) is 26.7 Å². The maximum absolute atomic E-state index is 12.5. The topological polar surface area (TPSA) is 84.5 Å². The molecular weight excluding hydrogens is 316 g/mol. The highest BCUT2D eigenvalue weighted by molar-refractivity contribution is 7.89. The average molecular weight is 340 g/mol. The number of piperidine rings is 1. The van der Waals surface area contributed by atoms with Crippen LogP contribution in [0.15, 0.2) is 23.1 Å². The number of hydrogen-bond donors (Lipinski definition) is 2. The highest BCUT2D eigenvalue weighted by atomic mass is 32.2. The van der Waals surface area contributed by atoms with E-state index < -0.39 is 16.0 Å². The van der Waals surface area contributed by atoms with Crippen molar-refractivity contribution in [3.63, 3.8) is 0 Å². The number of carbonyl (C=O) groups excluding carboxylic acids is 1. The molecule has 0 aliphatic carbocycles. The van der Waals surface area contributed by atoms with Gasteiger partial charge in [-0.1, -0.05) is 6.07 Å². The molecule has 1 aromatic rings. The van der Waals surface area contributed by atoms with Crippen LogP contribution in [0.5, 0.6) is 0 Å². The van der Waals surface area contributed by atoms with Gasteiger partial charge in [-0.3, -0.25) is 0 Å². The minimum absolute atomic E-state index is 0.127. The summed E-state index contributed by atoms with van der Waals surface area (Å²) in [7, 11) is -2.36. The molecular formula is C16H24N2O4S.